The van der Waals surface area contributed by atoms with Gasteiger partial charge in [-0.3, -0.25) is 14.4 Å². The Morgan fingerprint density at radius 3 is 2.62 bits per heavy atom. The Kier molecular flexibility index (Phi) is 7.85. The number of aromatic nitrogens is 2. The van der Waals surface area contributed by atoms with E-state index >= 15 is 0 Å². The molecule has 1 aliphatic heterocycles. The van der Waals surface area contributed by atoms with Crippen molar-refractivity contribution < 1.29 is 22.7 Å². The summed E-state index contributed by atoms with van der Waals surface area (Å²) in [5.41, 5.74) is 14.9. The third-order valence-electron chi connectivity index (χ3n) is 7.28. The summed E-state index contributed by atoms with van der Waals surface area (Å²) in [4.78, 5) is 27.3. The highest BCUT2D eigenvalue weighted by Gasteiger charge is 2.37. The number of H-pyrrole nitrogens is 1. The van der Waals surface area contributed by atoms with Gasteiger partial charge in [-0.1, -0.05) is 17.5 Å². The van der Waals surface area contributed by atoms with Crippen LogP contribution in [-0.2, 0) is 4.74 Å². The maximum Gasteiger partial charge on any atom is 0.523 e. The Morgan fingerprint density at radius 2 is 1.90 bits per heavy atom. The number of amides is 1. The van der Waals surface area contributed by atoms with Gasteiger partial charge in [-0.15, -0.1) is 13.2 Å². The van der Waals surface area contributed by atoms with Crippen molar-refractivity contribution >= 4 is 22.6 Å². The number of carbonyl (C=O) groups excluding carboxylic acids is 1. The van der Waals surface area contributed by atoms with Gasteiger partial charge in [0.1, 0.15) is 11.8 Å². The van der Waals surface area contributed by atoms with Crippen LogP contribution in [0.25, 0.3) is 22.2 Å². The zero-order chi connectivity index (χ0) is 28.4. The molecule has 1 aliphatic carbocycles. The van der Waals surface area contributed by atoms with E-state index in [-0.39, 0.29) is 5.91 Å². The van der Waals surface area contributed by atoms with Gasteiger partial charge in [0.25, 0.3) is 5.91 Å². The van der Waals surface area contributed by atoms with Crippen LogP contribution in [0.15, 0.2) is 60.3 Å². The Balaban J connectivity index is 1.39. The number of anilines is 1. The topological polar surface area (TPSA) is 90.7 Å². The third-order valence-corrected chi connectivity index (χ3v) is 7.28. The molecule has 0 saturated carbocycles. The molecule has 3 heterocycles. The molecule has 2 atom stereocenters. The lowest BCUT2D eigenvalue weighted by atomic mass is 9.91. The van der Waals surface area contributed by atoms with Crippen LogP contribution in [0.4, 0.5) is 18.9 Å². The average Bonchev–Trinajstić information content (AvgIpc) is 3.35. The molecule has 1 fully saturated rings. The zero-order valence-electron chi connectivity index (χ0n) is 22.3. The zero-order valence-corrected chi connectivity index (χ0v) is 22.3. The highest BCUT2D eigenvalue weighted by Crippen LogP contribution is 2.36. The molecule has 210 valence electrons. The Hall–Kier alpha value is -3.85. The van der Waals surface area contributed by atoms with Crippen LogP contribution in [0.5, 0.6) is 0 Å². The molecular formula is C29H31F3N6O2. The van der Waals surface area contributed by atoms with Crippen LogP contribution in [0, 0.1) is 0 Å². The predicted octanol–water partition coefficient (Wildman–Crippen LogP) is 4.00. The van der Waals surface area contributed by atoms with Crippen molar-refractivity contribution in [3.05, 3.63) is 71.4 Å². The maximum atomic E-state index is 13.4. The Bertz CT molecular complexity index is 1490. The fourth-order valence-corrected chi connectivity index (χ4v) is 5.06. The van der Waals surface area contributed by atoms with Crippen molar-refractivity contribution in [1.29, 1.82) is 0 Å². The largest absolute Gasteiger partial charge is 0.523 e. The second kappa shape index (κ2) is 11.3. The number of halogens is 3. The molecule has 0 spiro atoms. The molecule has 2 aliphatic rings. The SMILES string of the molecule is CN(C)CCN1CCN(C(=O)c2cc(-c3cnc4[nH]cc(C5C=C=C=CC5OC(F)(F)F)c4c3)ccc2N)CC1. The van der Waals surface area contributed by atoms with E-state index in [0.717, 1.165) is 31.7 Å². The summed E-state index contributed by atoms with van der Waals surface area (Å²) in [7, 11) is 4.08. The summed E-state index contributed by atoms with van der Waals surface area (Å²) in [6.45, 7) is 4.76. The van der Waals surface area contributed by atoms with Gasteiger partial charge < -0.3 is 20.5 Å². The van der Waals surface area contributed by atoms with Gasteiger partial charge in [0, 0.05) is 74.2 Å². The molecule has 2 unspecified atom stereocenters. The number of hydrogen-bond acceptors (Lipinski definition) is 6. The molecule has 8 nitrogen and oxygen atoms in total. The Morgan fingerprint density at radius 1 is 1.15 bits per heavy atom. The highest BCUT2D eigenvalue weighted by molar-refractivity contribution is 6.00. The summed E-state index contributed by atoms with van der Waals surface area (Å²) in [5, 5.41) is 0.644. The number of ether oxygens (including phenoxy) is 1. The molecule has 0 radical (unpaired) electrons. The molecule has 1 saturated heterocycles. The molecule has 3 N–H and O–H groups in total. The van der Waals surface area contributed by atoms with Gasteiger partial charge in [-0.05, 0) is 55.6 Å². The van der Waals surface area contributed by atoms with Crippen molar-refractivity contribution in [2.75, 3.05) is 59.1 Å². The van der Waals surface area contributed by atoms with Crippen molar-refractivity contribution in [3.8, 4) is 11.1 Å². The van der Waals surface area contributed by atoms with E-state index in [0.29, 0.717) is 46.5 Å². The van der Waals surface area contributed by atoms with E-state index in [9.17, 15) is 18.0 Å². The number of nitrogens with one attached hydrogen (secondary N) is 1. The van der Waals surface area contributed by atoms with Crippen LogP contribution >= 0.6 is 0 Å². The van der Waals surface area contributed by atoms with Crippen LogP contribution in [0.1, 0.15) is 21.8 Å². The monoisotopic (exact) mass is 552 g/mol. The van der Waals surface area contributed by atoms with Gasteiger partial charge in [0.2, 0.25) is 0 Å². The number of nitrogens with two attached hydrogens (primary N) is 1. The van der Waals surface area contributed by atoms with E-state index in [4.69, 9.17) is 5.73 Å². The quantitative estimate of drug-likeness (QED) is 0.340. The van der Waals surface area contributed by atoms with Gasteiger partial charge in [0.15, 0.2) is 0 Å². The first kappa shape index (κ1) is 27.7. The number of likely N-dealkylation sites (N-methyl/N-ethyl adjacent to an activating group) is 1. The van der Waals surface area contributed by atoms with Crippen molar-refractivity contribution in [2.45, 2.75) is 18.4 Å². The molecule has 5 rings (SSSR count). The number of piperazine rings is 1. The summed E-state index contributed by atoms with van der Waals surface area (Å²) in [6, 6.07) is 7.11. The maximum absolute atomic E-state index is 13.4. The summed E-state index contributed by atoms with van der Waals surface area (Å²) < 4.78 is 43.5. The van der Waals surface area contributed by atoms with Crippen LogP contribution in [-0.4, -0.2) is 96.4 Å². The first-order chi connectivity index (χ1) is 19.1. The standard InChI is InChI=1S/C29H31F3N6O2/c1-36(2)9-10-37-11-13-38(14-12-37)28(39)23-15-19(7-8-25(23)33)20-16-22-24(18-35-27(22)34-17-20)21-5-3-4-6-26(21)40-29(30,31)32/h5-8,15-18,21,26H,9-14,33H2,1-2H3,(H,34,35). The highest BCUT2D eigenvalue weighted by atomic mass is 19.4. The van der Waals surface area contributed by atoms with Gasteiger partial charge in [0.05, 0.1) is 5.56 Å². The smallest absolute Gasteiger partial charge is 0.398 e. The number of nitrogen functional groups attached to an aromatic ring is 1. The van der Waals surface area contributed by atoms with E-state index in [1.54, 1.807) is 24.5 Å². The van der Waals surface area contributed by atoms with Crippen LogP contribution < -0.4 is 5.73 Å². The fourth-order valence-electron chi connectivity index (χ4n) is 5.06. The van der Waals surface area contributed by atoms with Gasteiger partial charge >= 0.3 is 6.36 Å². The second-order valence-corrected chi connectivity index (χ2v) is 10.3. The summed E-state index contributed by atoms with van der Waals surface area (Å²) >= 11 is 0. The normalized spacial score (nSPS) is 19.7. The molecule has 0 bridgehead atoms. The van der Waals surface area contributed by atoms with E-state index < -0.39 is 18.4 Å². The molecular weight excluding hydrogens is 521 g/mol. The molecule has 1 amide bonds. The number of hydrogen-bond donors (Lipinski definition) is 2. The van der Waals surface area contributed by atoms with E-state index in [2.05, 4.69) is 36.0 Å². The second-order valence-electron chi connectivity index (χ2n) is 10.3. The molecule has 2 aromatic heterocycles. The molecule has 40 heavy (non-hydrogen) atoms. The lowest BCUT2D eigenvalue weighted by Crippen LogP contribution is -2.50. The predicted molar refractivity (Wildman–Crippen MR) is 147 cm³/mol. The molecule has 1 aromatic carbocycles. The number of aromatic amines is 1. The number of benzene rings is 1. The summed E-state index contributed by atoms with van der Waals surface area (Å²) in [5.74, 6) is -0.866. The third kappa shape index (κ3) is 6.14. The lowest BCUT2D eigenvalue weighted by molar-refractivity contribution is -0.337. The summed E-state index contributed by atoms with van der Waals surface area (Å²) in [6.07, 6.45) is -0.0698. The van der Waals surface area contributed by atoms with Gasteiger partial charge in [-0.2, -0.15) is 0 Å². The number of alkyl halides is 3. The first-order valence-corrected chi connectivity index (χ1v) is 13.0. The number of fused-ring (bicyclic) bond motifs is 1. The minimum absolute atomic E-state index is 0.124. The number of pyridine rings is 1. The first-order valence-electron chi connectivity index (χ1n) is 13.0. The van der Waals surface area contributed by atoms with E-state index in [1.165, 1.54) is 12.2 Å². The fraction of sp³-hybridized carbons (Fsp3) is 0.379. The van der Waals surface area contributed by atoms with Gasteiger partial charge in [-0.25, -0.2) is 4.98 Å². The minimum Gasteiger partial charge on any atom is -0.398 e. The number of rotatable bonds is 7. The van der Waals surface area contributed by atoms with Crippen molar-refractivity contribution in [2.24, 2.45) is 0 Å². The van der Waals surface area contributed by atoms with Crippen molar-refractivity contribution in [1.82, 2.24) is 24.7 Å². The van der Waals surface area contributed by atoms with E-state index in [1.807, 2.05) is 31.1 Å². The lowest BCUT2D eigenvalue weighted by Gasteiger charge is -2.35. The minimum atomic E-state index is -4.80. The average molecular weight is 553 g/mol. The van der Waals surface area contributed by atoms with Crippen molar-refractivity contribution in [3.63, 3.8) is 0 Å². The number of nitrogens with zero attached hydrogens (tertiary/aromatic N) is 4. The van der Waals surface area contributed by atoms with Crippen LogP contribution in [0.2, 0.25) is 0 Å². The van der Waals surface area contributed by atoms with Crippen LogP contribution in [0.3, 0.4) is 0 Å². The molecule has 11 heteroatoms. The Labute approximate surface area is 230 Å². The number of carbonyl (C=O) groups is 1. The molecule has 3 aromatic rings.